The molecule has 1 saturated carbocycles. The van der Waals surface area contributed by atoms with Crippen LogP contribution in [-0.4, -0.2) is 42.2 Å². The van der Waals surface area contributed by atoms with E-state index in [9.17, 15) is 13.2 Å². The average molecular weight is 357 g/mol. The van der Waals surface area contributed by atoms with Crippen molar-refractivity contribution >= 4 is 15.9 Å². The fraction of sp³-hybridized carbons (Fsp3) is 0.733. The third-order valence-corrected chi connectivity index (χ3v) is 6.35. The maximum Gasteiger partial charge on any atom is 0.244 e. The standard InChI is InChI=1S/C15H27N5O3S/c1-9-14(11(3)20(4)18-9)24(22,23)19-10(2)15(21)17-13-7-5-12(16)6-8-13/h10,12-13,19H,5-8,16H2,1-4H3,(H,17,21). The molecule has 0 saturated heterocycles. The zero-order valence-corrected chi connectivity index (χ0v) is 15.5. The number of aryl methyl sites for hydroxylation is 2. The summed E-state index contributed by atoms with van der Waals surface area (Å²) in [4.78, 5) is 12.4. The molecule has 4 N–H and O–H groups in total. The Hall–Kier alpha value is -1.45. The Kier molecular flexibility index (Phi) is 5.67. The molecule has 0 aliphatic heterocycles. The fourth-order valence-electron chi connectivity index (χ4n) is 3.08. The van der Waals surface area contributed by atoms with Gasteiger partial charge in [-0.15, -0.1) is 0 Å². The third kappa shape index (κ3) is 4.14. The summed E-state index contributed by atoms with van der Waals surface area (Å²) < 4.78 is 29.1. The van der Waals surface area contributed by atoms with Gasteiger partial charge in [0.05, 0.1) is 17.4 Å². The van der Waals surface area contributed by atoms with Crippen molar-refractivity contribution in [2.75, 3.05) is 0 Å². The first-order valence-electron chi connectivity index (χ1n) is 8.20. The lowest BCUT2D eigenvalue weighted by Gasteiger charge is -2.28. The summed E-state index contributed by atoms with van der Waals surface area (Å²) in [6.07, 6.45) is 3.40. The van der Waals surface area contributed by atoms with Crippen molar-refractivity contribution in [2.24, 2.45) is 12.8 Å². The van der Waals surface area contributed by atoms with Gasteiger partial charge in [0, 0.05) is 19.1 Å². The van der Waals surface area contributed by atoms with E-state index in [1.54, 1.807) is 27.8 Å². The summed E-state index contributed by atoms with van der Waals surface area (Å²) in [5, 5.41) is 7.02. The van der Waals surface area contributed by atoms with Crippen LogP contribution in [0.3, 0.4) is 0 Å². The van der Waals surface area contributed by atoms with Crippen LogP contribution in [-0.2, 0) is 21.9 Å². The predicted octanol–water partition coefficient (Wildman–Crippen LogP) is 0.0898. The van der Waals surface area contributed by atoms with Crippen LogP contribution in [0.25, 0.3) is 0 Å². The number of amides is 1. The number of hydrogen-bond acceptors (Lipinski definition) is 5. The van der Waals surface area contributed by atoms with Gasteiger partial charge in [-0.2, -0.15) is 9.82 Å². The van der Waals surface area contributed by atoms with Crippen LogP contribution in [0, 0.1) is 13.8 Å². The number of hydrogen-bond donors (Lipinski definition) is 3. The van der Waals surface area contributed by atoms with E-state index in [-0.39, 0.29) is 22.9 Å². The molecule has 1 fully saturated rings. The number of carbonyl (C=O) groups is 1. The molecule has 24 heavy (non-hydrogen) atoms. The van der Waals surface area contributed by atoms with E-state index in [0.29, 0.717) is 11.4 Å². The van der Waals surface area contributed by atoms with Gasteiger partial charge in [-0.05, 0) is 46.5 Å². The van der Waals surface area contributed by atoms with E-state index >= 15 is 0 Å². The highest BCUT2D eigenvalue weighted by Gasteiger charge is 2.29. The molecule has 9 heteroatoms. The minimum absolute atomic E-state index is 0.0612. The van der Waals surface area contributed by atoms with E-state index in [0.717, 1.165) is 25.7 Å². The zero-order chi connectivity index (χ0) is 18.1. The van der Waals surface area contributed by atoms with Crippen LogP contribution >= 0.6 is 0 Å². The van der Waals surface area contributed by atoms with Crippen LogP contribution in [0.15, 0.2) is 4.90 Å². The molecule has 1 heterocycles. The van der Waals surface area contributed by atoms with Gasteiger partial charge >= 0.3 is 0 Å². The Morgan fingerprint density at radius 2 is 1.88 bits per heavy atom. The lowest BCUT2D eigenvalue weighted by atomic mass is 9.92. The van der Waals surface area contributed by atoms with E-state index < -0.39 is 16.1 Å². The number of sulfonamides is 1. The normalized spacial score (nSPS) is 23.0. The Bertz CT molecular complexity index is 705. The first-order valence-corrected chi connectivity index (χ1v) is 9.68. The second-order valence-corrected chi connectivity index (χ2v) is 8.24. The lowest BCUT2D eigenvalue weighted by Crippen LogP contribution is -2.49. The topological polar surface area (TPSA) is 119 Å². The van der Waals surface area contributed by atoms with Crippen molar-refractivity contribution in [2.45, 2.75) is 69.5 Å². The quantitative estimate of drug-likeness (QED) is 0.690. The molecule has 1 aromatic rings. The molecule has 0 aromatic carbocycles. The first kappa shape index (κ1) is 18.9. The Balaban J connectivity index is 2.02. The third-order valence-electron chi connectivity index (χ3n) is 4.55. The minimum Gasteiger partial charge on any atom is -0.352 e. The average Bonchev–Trinajstić information content (AvgIpc) is 2.74. The summed E-state index contributed by atoms with van der Waals surface area (Å²) in [6.45, 7) is 4.87. The molecule has 1 amide bonds. The summed E-state index contributed by atoms with van der Waals surface area (Å²) in [5.74, 6) is -0.321. The van der Waals surface area contributed by atoms with Crippen LogP contribution in [0.4, 0.5) is 0 Å². The van der Waals surface area contributed by atoms with Crippen LogP contribution in [0.2, 0.25) is 0 Å². The molecule has 0 bridgehead atoms. The highest BCUT2D eigenvalue weighted by Crippen LogP contribution is 2.19. The van der Waals surface area contributed by atoms with Gasteiger partial charge in [0.15, 0.2) is 0 Å². The molecule has 0 radical (unpaired) electrons. The van der Waals surface area contributed by atoms with Crippen molar-refractivity contribution in [3.63, 3.8) is 0 Å². The Morgan fingerprint density at radius 3 is 2.38 bits per heavy atom. The SMILES string of the molecule is Cc1nn(C)c(C)c1S(=O)(=O)NC(C)C(=O)NC1CCC(N)CC1. The van der Waals surface area contributed by atoms with Crippen LogP contribution in [0.5, 0.6) is 0 Å². The molecular formula is C15H27N5O3S. The molecule has 1 atom stereocenters. The van der Waals surface area contributed by atoms with E-state index in [1.165, 1.54) is 4.68 Å². The number of nitrogens with one attached hydrogen (secondary N) is 2. The summed E-state index contributed by atoms with van der Waals surface area (Å²) >= 11 is 0. The van der Waals surface area contributed by atoms with E-state index in [2.05, 4.69) is 15.1 Å². The van der Waals surface area contributed by atoms with Crippen molar-refractivity contribution in [3.05, 3.63) is 11.4 Å². The second-order valence-electron chi connectivity index (χ2n) is 6.59. The smallest absolute Gasteiger partial charge is 0.244 e. The summed E-state index contributed by atoms with van der Waals surface area (Å²) in [6, 6.07) is -0.596. The van der Waals surface area contributed by atoms with Crippen molar-refractivity contribution < 1.29 is 13.2 Å². The molecule has 1 aliphatic carbocycles. The highest BCUT2D eigenvalue weighted by molar-refractivity contribution is 7.89. The van der Waals surface area contributed by atoms with Crippen LogP contribution in [0.1, 0.15) is 44.0 Å². The Labute approximate surface area is 143 Å². The summed E-state index contributed by atoms with van der Waals surface area (Å²) in [7, 11) is -2.12. The molecule has 8 nitrogen and oxygen atoms in total. The van der Waals surface area contributed by atoms with Crippen molar-refractivity contribution in [3.8, 4) is 0 Å². The maximum absolute atomic E-state index is 12.6. The van der Waals surface area contributed by atoms with Gasteiger partial charge in [0.1, 0.15) is 4.90 Å². The number of carbonyl (C=O) groups excluding carboxylic acids is 1. The number of aromatic nitrogens is 2. The van der Waals surface area contributed by atoms with Gasteiger partial charge in [-0.1, -0.05) is 0 Å². The summed E-state index contributed by atoms with van der Waals surface area (Å²) in [5.41, 5.74) is 6.80. The second kappa shape index (κ2) is 7.20. The number of rotatable bonds is 5. The fourth-order valence-corrected chi connectivity index (χ4v) is 4.72. The van der Waals surface area contributed by atoms with Gasteiger partial charge in [0.2, 0.25) is 15.9 Å². The van der Waals surface area contributed by atoms with E-state index in [4.69, 9.17) is 5.73 Å². The minimum atomic E-state index is -3.81. The van der Waals surface area contributed by atoms with Gasteiger partial charge in [-0.3, -0.25) is 9.48 Å². The van der Waals surface area contributed by atoms with Crippen LogP contribution < -0.4 is 15.8 Å². The lowest BCUT2D eigenvalue weighted by molar-refractivity contribution is -0.123. The monoisotopic (exact) mass is 357 g/mol. The molecule has 1 unspecified atom stereocenters. The maximum atomic E-state index is 12.6. The Morgan fingerprint density at radius 1 is 1.29 bits per heavy atom. The molecule has 2 rings (SSSR count). The number of nitrogens with two attached hydrogens (primary N) is 1. The van der Waals surface area contributed by atoms with Gasteiger partial charge in [0.25, 0.3) is 0 Å². The van der Waals surface area contributed by atoms with Gasteiger partial charge in [-0.25, -0.2) is 8.42 Å². The predicted molar refractivity (Wildman–Crippen MR) is 90.8 cm³/mol. The molecule has 136 valence electrons. The first-order chi connectivity index (χ1) is 11.1. The molecule has 0 spiro atoms. The molecule has 1 aliphatic rings. The van der Waals surface area contributed by atoms with Gasteiger partial charge < -0.3 is 11.1 Å². The highest BCUT2D eigenvalue weighted by atomic mass is 32.2. The number of nitrogens with zero attached hydrogens (tertiary/aromatic N) is 2. The van der Waals surface area contributed by atoms with Crippen molar-refractivity contribution in [1.82, 2.24) is 19.8 Å². The largest absolute Gasteiger partial charge is 0.352 e. The van der Waals surface area contributed by atoms with Crippen molar-refractivity contribution in [1.29, 1.82) is 0 Å². The molecule has 1 aromatic heterocycles. The van der Waals surface area contributed by atoms with E-state index in [1.807, 2.05) is 0 Å². The zero-order valence-electron chi connectivity index (χ0n) is 14.7. The molecular weight excluding hydrogens is 330 g/mol.